The van der Waals surface area contributed by atoms with Gasteiger partial charge in [0, 0.05) is 5.92 Å². The van der Waals surface area contributed by atoms with Gasteiger partial charge in [-0.1, -0.05) is 49.4 Å². The molecule has 0 N–H and O–H groups in total. The lowest BCUT2D eigenvalue weighted by Crippen LogP contribution is -2.06. The Morgan fingerprint density at radius 3 is 2.30 bits per heavy atom. The molecule has 2 unspecified atom stereocenters. The van der Waals surface area contributed by atoms with Crippen LogP contribution in [0.5, 0.6) is 5.75 Å². The van der Waals surface area contributed by atoms with Crippen molar-refractivity contribution in [2.24, 2.45) is 0 Å². The molecule has 0 spiro atoms. The number of hydrogen-bond donors (Lipinski definition) is 0. The minimum Gasteiger partial charge on any atom is -0.496 e. The van der Waals surface area contributed by atoms with Gasteiger partial charge < -0.3 is 4.74 Å². The molecule has 0 bridgehead atoms. The highest BCUT2D eigenvalue weighted by Crippen LogP contribution is 2.39. The van der Waals surface area contributed by atoms with Crippen LogP contribution in [0.1, 0.15) is 41.3 Å². The van der Waals surface area contributed by atoms with Crippen molar-refractivity contribution in [3.63, 3.8) is 0 Å². The molecule has 0 saturated carbocycles. The lowest BCUT2D eigenvalue weighted by molar-refractivity contribution is 0.411. The van der Waals surface area contributed by atoms with Crippen molar-refractivity contribution in [1.29, 1.82) is 0 Å². The molecule has 0 fully saturated rings. The average molecular weight is 289 g/mol. The van der Waals surface area contributed by atoms with Crippen molar-refractivity contribution < 1.29 is 4.74 Å². The Morgan fingerprint density at radius 2 is 1.75 bits per heavy atom. The van der Waals surface area contributed by atoms with E-state index >= 15 is 0 Å². The Bertz CT molecular complexity index is 551. The lowest BCUT2D eigenvalue weighted by atomic mass is 9.89. The number of benzene rings is 2. The zero-order valence-electron chi connectivity index (χ0n) is 12.3. The van der Waals surface area contributed by atoms with Gasteiger partial charge in [0.1, 0.15) is 5.75 Å². The molecule has 2 atom stereocenters. The summed E-state index contributed by atoms with van der Waals surface area (Å²) in [6, 6.07) is 16.7. The van der Waals surface area contributed by atoms with Gasteiger partial charge in [0.15, 0.2) is 0 Å². The molecule has 0 aliphatic carbocycles. The summed E-state index contributed by atoms with van der Waals surface area (Å²) in [5.41, 5.74) is 3.57. The molecule has 0 amide bonds. The van der Waals surface area contributed by atoms with E-state index in [9.17, 15) is 0 Å². The number of halogens is 1. The largest absolute Gasteiger partial charge is 0.496 e. The monoisotopic (exact) mass is 288 g/mol. The zero-order valence-corrected chi connectivity index (χ0v) is 13.0. The van der Waals surface area contributed by atoms with Gasteiger partial charge in [-0.2, -0.15) is 0 Å². The second kappa shape index (κ2) is 6.81. The Labute approximate surface area is 126 Å². The van der Waals surface area contributed by atoms with Gasteiger partial charge in [-0.3, -0.25) is 0 Å². The van der Waals surface area contributed by atoms with Crippen molar-refractivity contribution >= 4 is 11.6 Å². The fraction of sp³-hybridized carbons (Fsp3) is 0.333. The van der Waals surface area contributed by atoms with Crippen molar-refractivity contribution in [3.8, 4) is 5.75 Å². The van der Waals surface area contributed by atoms with Gasteiger partial charge in [-0.25, -0.2) is 0 Å². The first-order valence-corrected chi connectivity index (χ1v) is 7.44. The van der Waals surface area contributed by atoms with Crippen molar-refractivity contribution in [1.82, 2.24) is 0 Å². The molecule has 1 nitrogen and oxygen atoms in total. The highest BCUT2D eigenvalue weighted by molar-refractivity contribution is 6.21. The molecule has 0 aromatic heterocycles. The van der Waals surface area contributed by atoms with Crippen molar-refractivity contribution in [3.05, 3.63) is 65.2 Å². The summed E-state index contributed by atoms with van der Waals surface area (Å²) >= 11 is 6.73. The number of aryl methyl sites for hydroxylation is 1. The van der Waals surface area contributed by atoms with Crippen LogP contribution in [0.15, 0.2) is 48.5 Å². The third kappa shape index (κ3) is 3.16. The van der Waals surface area contributed by atoms with Crippen LogP contribution in [-0.4, -0.2) is 7.11 Å². The zero-order chi connectivity index (χ0) is 14.5. The van der Waals surface area contributed by atoms with Crippen LogP contribution < -0.4 is 4.74 Å². The maximum Gasteiger partial charge on any atom is 0.121 e. The van der Waals surface area contributed by atoms with Crippen LogP contribution >= 0.6 is 11.6 Å². The first kappa shape index (κ1) is 14.9. The van der Waals surface area contributed by atoms with Crippen molar-refractivity contribution in [2.45, 2.75) is 31.6 Å². The predicted octanol–water partition coefficient (Wildman–Crippen LogP) is 5.48. The summed E-state index contributed by atoms with van der Waals surface area (Å²) in [6.07, 6.45) is 1.02. The quantitative estimate of drug-likeness (QED) is 0.662. The van der Waals surface area contributed by atoms with Crippen molar-refractivity contribution in [2.75, 3.05) is 7.11 Å². The maximum absolute atomic E-state index is 6.73. The number of methoxy groups -OCH3 is 1. The van der Waals surface area contributed by atoms with E-state index in [0.29, 0.717) is 5.92 Å². The summed E-state index contributed by atoms with van der Waals surface area (Å²) in [5, 5.41) is -0.0213. The molecule has 0 heterocycles. The topological polar surface area (TPSA) is 9.23 Å². The van der Waals surface area contributed by atoms with Crippen LogP contribution in [0, 0.1) is 6.92 Å². The van der Waals surface area contributed by atoms with E-state index < -0.39 is 0 Å². The standard InChI is InChI=1S/C18H21ClO/c1-4-16(14-8-6-5-7-9-14)18(19)15-10-11-17(20-3)13(2)12-15/h5-12,16,18H,4H2,1-3H3. The molecule has 0 saturated heterocycles. The van der Waals surface area contributed by atoms with E-state index in [1.165, 1.54) is 5.56 Å². The van der Waals surface area contributed by atoms with E-state index in [1.54, 1.807) is 7.11 Å². The minimum absolute atomic E-state index is 0.0213. The summed E-state index contributed by atoms with van der Waals surface area (Å²) < 4.78 is 5.31. The molecule has 0 aliphatic rings. The van der Waals surface area contributed by atoms with E-state index in [4.69, 9.17) is 16.3 Å². The maximum atomic E-state index is 6.73. The van der Waals surface area contributed by atoms with Crippen LogP contribution in [-0.2, 0) is 0 Å². The summed E-state index contributed by atoms with van der Waals surface area (Å²) in [4.78, 5) is 0. The van der Waals surface area contributed by atoms with Gasteiger partial charge in [0.25, 0.3) is 0 Å². The number of rotatable bonds is 5. The van der Waals surface area contributed by atoms with Gasteiger partial charge >= 0.3 is 0 Å². The Hall–Kier alpha value is -1.47. The highest BCUT2D eigenvalue weighted by Gasteiger charge is 2.21. The number of alkyl halides is 1. The Kier molecular flexibility index (Phi) is 5.08. The highest BCUT2D eigenvalue weighted by atomic mass is 35.5. The lowest BCUT2D eigenvalue weighted by Gasteiger charge is -2.22. The molecule has 2 aromatic rings. The number of hydrogen-bond acceptors (Lipinski definition) is 1. The second-order valence-electron chi connectivity index (χ2n) is 5.06. The molecular formula is C18H21ClO. The van der Waals surface area contributed by atoms with Gasteiger partial charge in [0.2, 0.25) is 0 Å². The smallest absolute Gasteiger partial charge is 0.121 e. The van der Waals surface area contributed by atoms with Crippen LogP contribution in [0.4, 0.5) is 0 Å². The molecular weight excluding hydrogens is 268 g/mol. The Morgan fingerprint density at radius 1 is 1.05 bits per heavy atom. The predicted molar refractivity (Wildman–Crippen MR) is 85.8 cm³/mol. The molecule has 2 rings (SSSR count). The van der Waals surface area contributed by atoms with E-state index in [1.807, 2.05) is 12.1 Å². The normalized spacial score (nSPS) is 13.8. The number of ether oxygens (including phenoxy) is 1. The molecule has 20 heavy (non-hydrogen) atoms. The van der Waals surface area contributed by atoms with E-state index in [-0.39, 0.29) is 5.38 Å². The van der Waals surface area contributed by atoms with Crippen LogP contribution in [0.25, 0.3) is 0 Å². The summed E-state index contributed by atoms with van der Waals surface area (Å²) in [7, 11) is 1.69. The molecule has 2 aromatic carbocycles. The first-order chi connectivity index (χ1) is 9.67. The summed E-state index contributed by atoms with van der Waals surface area (Å²) in [6.45, 7) is 4.23. The molecule has 0 aliphatic heterocycles. The third-order valence-corrected chi connectivity index (χ3v) is 4.31. The average Bonchev–Trinajstić information content (AvgIpc) is 2.49. The van der Waals surface area contributed by atoms with E-state index in [2.05, 4.69) is 50.2 Å². The first-order valence-electron chi connectivity index (χ1n) is 7.01. The fourth-order valence-electron chi connectivity index (χ4n) is 2.62. The second-order valence-corrected chi connectivity index (χ2v) is 5.53. The van der Waals surface area contributed by atoms with Crippen LogP contribution in [0.3, 0.4) is 0 Å². The van der Waals surface area contributed by atoms with Gasteiger partial charge in [-0.05, 0) is 36.1 Å². The molecule has 2 heteroatoms. The Balaban J connectivity index is 2.29. The van der Waals surface area contributed by atoms with Gasteiger partial charge in [-0.15, -0.1) is 11.6 Å². The van der Waals surface area contributed by atoms with Crippen LogP contribution in [0.2, 0.25) is 0 Å². The molecule has 0 radical (unpaired) electrons. The SMILES string of the molecule is CCC(c1ccccc1)C(Cl)c1ccc(OC)c(C)c1. The van der Waals surface area contributed by atoms with E-state index in [0.717, 1.165) is 23.3 Å². The fourth-order valence-corrected chi connectivity index (χ4v) is 3.08. The summed E-state index contributed by atoms with van der Waals surface area (Å²) in [5.74, 6) is 1.23. The molecule has 106 valence electrons. The van der Waals surface area contributed by atoms with Gasteiger partial charge in [0.05, 0.1) is 12.5 Å². The minimum atomic E-state index is -0.0213. The third-order valence-electron chi connectivity index (χ3n) is 3.76.